The van der Waals surface area contributed by atoms with Gasteiger partial charge < -0.3 is 19.5 Å². The van der Waals surface area contributed by atoms with Gasteiger partial charge in [-0.05, 0) is 49.3 Å². The fraction of sp³-hybridized carbons (Fsp3) is 0.480. The number of piperidine rings is 1. The van der Waals surface area contributed by atoms with Crippen molar-refractivity contribution in [1.29, 1.82) is 0 Å². The van der Waals surface area contributed by atoms with Crippen LogP contribution in [-0.4, -0.2) is 58.9 Å². The van der Waals surface area contributed by atoms with Gasteiger partial charge in [0.05, 0.1) is 6.54 Å². The summed E-state index contributed by atoms with van der Waals surface area (Å²) in [5.74, 6) is 1.82. The zero-order valence-corrected chi connectivity index (χ0v) is 17.7. The van der Waals surface area contributed by atoms with Crippen LogP contribution in [0.4, 0.5) is 4.79 Å². The number of carboxylic acid groups (broad SMARTS) is 1. The van der Waals surface area contributed by atoms with E-state index in [-0.39, 0.29) is 6.10 Å². The molecule has 2 fully saturated rings. The van der Waals surface area contributed by atoms with Crippen LogP contribution in [0.15, 0.2) is 54.6 Å². The Hall–Kier alpha value is -2.73. The number of hydrogen-bond acceptors (Lipinski definition) is 4. The Balaban J connectivity index is 1.19. The largest absolute Gasteiger partial charge is 0.486 e. The van der Waals surface area contributed by atoms with Crippen molar-refractivity contribution in [1.82, 2.24) is 9.80 Å². The molecule has 2 bridgehead atoms. The molecule has 31 heavy (non-hydrogen) atoms. The number of hydrogen-bond donors (Lipinski definition) is 1. The highest BCUT2D eigenvalue weighted by molar-refractivity contribution is 5.65. The minimum atomic E-state index is -0.874. The van der Waals surface area contributed by atoms with E-state index in [9.17, 15) is 9.90 Å². The number of para-hydroxylation sites is 2. The van der Waals surface area contributed by atoms with Crippen molar-refractivity contribution in [2.75, 3.05) is 19.7 Å². The summed E-state index contributed by atoms with van der Waals surface area (Å²) in [7, 11) is 0. The molecule has 1 amide bonds. The molecule has 3 heterocycles. The SMILES string of the molecule is O=C(O)N(CC1CC2CCC(C1)N2Cc1ccccc1)CC1COc2ccccc2O1. The van der Waals surface area contributed by atoms with E-state index in [1.54, 1.807) is 4.90 Å². The Morgan fingerprint density at radius 3 is 2.35 bits per heavy atom. The van der Waals surface area contributed by atoms with Gasteiger partial charge in [0.15, 0.2) is 17.6 Å². The average molecular weight is 423 g/mol. The molecule has 0 radical (unpaired) electrons. The number of nitrogens with zero attached hydrogens (tertiary/aromatic N) is 2. The third kappa shape index (κ3) is 4.49. The van der Waals surface area contributed by atoms with Crippen LogP contribution in [0.3, 0.4) is 0 Å². The van der Waals surface area contributed by atoms with Crippen molar-refractivity contribution in [3.63, 3.8) is 0 Å². The predicted octanol–water partition coefficient (Wildman–Crippen LogP) is 4.25. The van der Waals surface area contributed by atoms with E-state index in [1.807, 2.05) is 24.3 Å². The van der Waals surface area contributed by atoms with Gasteiger partial charge in [0.1, 0.15) is 6.61 Å². The molecule has 3 aliphatic rings. The molecule has 6 nitrogen and oxygen atoms in total. The molecule has 0 aromatic heterocycles. The van der Waals surface area contributed by atoms with E-state index in [4.69, 9.17) is 9.47 Å². The molecule has 0 saturated carbocycles. The molecular weight excluding hydrogens is 392 g/mol. The maximum absolute atomic E-state index is 12.0. The first-order valence-electron chi connectivity index (χ1n) is 11.3. The monoisotopic (exact) mass is 422 g/mol. The molecule has 2 aromatic rings. The van der Waals surface area contributed by atoms with Crippen LogP contribution in [0.25, 0.3) is 0 Å². The minimum absolute atomic E-state index is 0.277. The van der Waals surface area contributed by atoms with Crippen LogP contribution in [0, 0.1) is 5.92 Å². The summed E-state index contributed by atoms with van der Waals surface area (Å²) in [6, 6.07) is 19.3. The summed E-state index contributed by atoms with van der Waals surface area (Å²) in [5, 5.41) is 9.84. The van der Waals surface area contributed by atoms with E-state index < -0.39 is 6.09 Å². The summed E-state index contributed by atoms with van der Waals surface area (Å²) in [5.41, 5.74) is 1.36. The molecule has 0 spiro atoms. The van der Waals surface area contributed by atoms with Gasteiger partial charge in [-0.2, -0.15) is 0 Å². The molecule has 3 atom stereocenters. The number of rotatable bonds is 6. The van der Waals surface area contributed by atoms with Crippen LogP contribution in [0.5, 0.6) is 11.5 Å². The Labute approximate surface area is 183 Å². The van der Waals surface area contributed by atoms with Gasteiger partial charge in [0.2, 0.25) is 0 Å². The Kier molecular flexibility index (Phi) is 5.72. The molecule has 2 saturated heterocycles. The van der Waals surface area contributed by atoms with Crippen molar-refractivity contribution in [3.05, 3.63) is 60.2 Å². The predicted molar refractivity (Wildman–Crippen MR) is 117 cm³/mol. The minimum Gasteiger partial charge on any atom is -0.486 e. The lowest BCUT2D eigenvalue weighted by Gasteiger charge is -2.40. The van der Waals surface area contributed by atoms with Crippen molar-refractivity contribution in [2.24, 2.45) is 5.92 Å². The second-order valence-corrected chi connectivity index (χ2v) is 9.07. The molecule has 0 aliphatic carbocycles. The number of benzene rings is 2. The Morgan fingerprint density at radius 2 is 1.65 bits per heavy atom. The molecule has 2 aromatic carbocycles. The lowest BCUT2D eigenvalue weighted by molar-refractivity contribution is 0.0394. The summed E-state index contributed by atoms with van der Waals surface area (Å²) < 4.78 is 11.8. The van der Waals surface area contributed by atoms with Crippen molar-refractivity contribution in [3.8, 4) is 11.5 Å². The number of carbonyl (C=O) groups is 1. The van der Waals surface area contributed by atoms with Gasteiger partial charge in [-0.1, -0.05) is 42.5 Å². The highest BCUT2D eigenvalue weighted by atomic mass is 16.6. The molecule has 6 heteroatoms. The van der Waals surface area contributed by atoms with E-state index in [2.05, 4.69) is 35.2 Å². The maximum Gasteiger partial charge on any atom is 0.407 e. The first-order chi connectivity index (χ1) is 15.2. The van der Waals surface area contributed by atoms with E-state index >= 15 is 0 Å². The highest BCUT2D eigenvalue weighted by Gasteiger charge is 2.41. The second-order valence-electron chi connectivity index (χ2n) is 9.07. The van der Waals surface area contributed by atoms with Gasteiger partial charge in [-0.15, -0.1) is 0 Å². The second kappa shape index (κ2) is 8.79. The molecule has 1 N–H and O–H groups in total. The summed E-state index contributed by atoms with van der Waals surface area (Å²) in [6.07, 6.45) is 3.42. The van der Waals surface area contributed by atoms with Crippen LogP contribution < -0.4 is 9.47 Å². The van der Waals surface area contributed by atoms with Gasteiger partial charge in [0, 0.05) is 25.2 Å². The van der Waals surface area contributed by atoms with Crippen LogP contribution in [0.2, 0.25) is 0 Å². The molecule has 5 rings (SSSR count). The first-order valence-corrected chi connectivity index (χ1v) is 11.3. The number of ether oxygens (including phenoxy) is 2. The van der Waals surface area contributed by atoms with Crippen molar-refractivity contribution < 1.29 is 19.4 Å². The van der Waals surface area contributed by atoms with E-state index in [0.29, 0.717) is 43.4 Å². The topological polar surface area (TPSA) is 62.2 Å². The molecular formula is C25H30N2O4. The summed E-state index contributed by atoms with van der Waals surface area (Å²) in [4.78, 5) is 16.2. The zero-order chi connectivity index (χ0) is 21.2. The highest BCUT2D eigenvalue weighted by Crippen LogP contribution is 2.40. The first kappa shape index (κ1) is 20.2. The third-order valence-corrected chi connectivity index (χ3v) is 6.93. The zero-order valence-electron chi connectivity index (χ0n) is 17.7. The standard InChI is InChI=1S/C25H30N2O4/c28-25(29)26(16-22-17-30-23-8-4-5-9-24(23)31-22)14-19-12-20-10-11-21(13-19)27(20)15-18-6-2-1-3-7-18/h1-9,19-22H,10-17H2,(H,28,29). The van der Waals surface area contributed by atoms with Gasteiger partial charge in [-0.25, -0.2) is 4.79 Å². The Bertz CT molecular complexity index is 891. The fourth-order valence-electron chi connectivity index (χ4n) is 5.53. The van der Waals surface area contributed by atoms with Crippen LogP contribution >= 0.6 is 0 Å². The molecule has 3 aliphatic heterocycles. The van der Waals surface area contributed by atoms with Crippen LogP contribution in [0.1, 0.15) is 31.2 Å². The van der Waals surface area contributed by atoms with Crippen molar-refractivity contribution in [2.45, 2.75) is 50.4 Å². The number of amides is 1. The van der Waals surface area contributed by atoms with E-state index in [1.165, 1.54) is 18.4 Å². The Morgan fingerprint density at radius 1 is 0.968 bits per heavy atom. The third-order valence-electron chi connectivity index (χ3n) is 6.93. The lowest BCUT2D eigenvalue weighted by Crippen LogP contribution is -2.48. The molecule has 164 valence electrons. The fourth-order valence-corrected chi connectivity index (χ4v) is 5.53. The van der Waals surface area contributed by atoms with Gasteiger partial charge in [-0.3, -0.25) is 4.90 Å². The van der Waals surface area contributed by atoms with E-state index in [0.717, 1.165) is 25.1 Å². The quantitative estimate of drug-likeness (QED) is 0.754. The smallest absolute Gasteiger partial charge is 0.407 e. The molecule has 3 unspecified atom stereocenters. The van der Waals surface area contributed by atoms with Crippen molar-refractivity contribution >= 4 is 6.09 Å². The van der Waals surface area contributed by atoms with Gasteiger partial charge >= 0.3 is 6.09 Å². The number of fused-ring (bicyclic) bond motifs is 3. The summed E-state index contributed by atoms with van der Waals surface area (Å²) in [6.45, 7) is 2.28. The lowest BCUT2D eigenvalue weighted by atomic mass is 9.89. The van der Waals surface area contributed by atoms with Gasteiger partial charge in [0.25, 0.3) is 0 Å². The normalized spacial score (nSPS) is 27.1. The average Bonchev–Trinajstić information content (AvgIpc) is 3.01. The maximum atomic E-state index is 12.0. The van der Waals surface area contributed by atoms with Crippen LogP contribution in [-0.2, 0) is 6.54 Å². The summed E-state index contributed by atoms with van der Waals surface area (Å²) >= 11 is 0.